The summed E-state index contributed by atoms with van der Waals surface area (Å²) in [4.78, 5) is 23.0. The number of carbonyl (C=O) groups excluding carboxylic acids is 1. The van der Waals surface area contributed by atoms with Gasteiger partial charge in [-0.2, -0.15) is 0 Å². The molecule has 110 valence electrons. The lowest BCUT2D eigenvalue weighted by molar-refractivity contribution is 0.0683. The quantitative estimate of drug-likeness (QED) is 0.920. The van der Waals surface area contributed by atoms with Crippen LogP contribution in [0.25, 0.3) is 0 Å². The van der Waals surface area contributed by atoms with Crippen molar-refractivity contribution in [1.29, 1.82) is 0 Å². The molecular formula is C15H24N4O. The summed E-state index contributed by atoms with van der Waals surface area (Å²) in [7, 11) is 0. The first-order chi connectivity index (χ1) is 9.52. The normalized spacial score (nSPS) is 16.7. The smallest absolute Gasteiger partial charge is 0.274 e. The number of hydrogen-bond donors (Lipinski definition) is 1. The van der Waals surface area contributed by atoms with Crippen molar-refractivity contribution >= 4 is 11.6 Å². The summed E-state index contributed by atoms with van der Waals surface area (Å²) in [5.74, 6) is 1.55. The first kappa shape index (κ1) is 14.8. The zero-order chi connectivity index (χ0) is 14.7. The Morgan fingerprint density at radius 1 is 1.45 bits per heavy atom. The summed E-state index contributed by atoms with van der Waals surface area (Å²) in [6.45, 7) is 7.83. The monoisotopic (exact) mass is 276 g/mol. The van der Waals surface area contributed by atoms with Crippen molar-refractivity contribution in [2.24, 2.45) is 5.92 Å². The van der Waals surface area contributed by atoms with Crippen LogP contribution in [0.2, 0.25) is 0 Å². The molecule has 20 heavy (non-hydrogen) atoms. The first-order valence-electron chi connectivity index (χ1n) is 7.44. The van der Waals surface area contributed by atoms with Crippen LogP contribution in [0.4, 0.5) is 5.69 Å². The van der Waals surface area contributed by atoms with Gasteiger partial charge in [0.15, 0.2) is 5.69 Å². The number of aromatic nitrogens is 2. The summed E-state index contributed by atoms with van der Waals surface area (Å²) in [6, 6.07) is 0. The summed E-state index contributed by atoms with van der Waals surface area (Å²) < 4.78 is 0. The van der Waals surface area contributed by atoms with Crippen LogP contribution < -0.4 is 5.73 Å². The Labute approximate surface area is 120 Å². The van der Waals surface area contributed by atoms with Crippen LogP contribution in [0, 0.1) is 5.92 Å². The standard InChI is InChI=1S/C15H24N4O/c1-4-11-5-7-19(8-6-11)15(20)13-12(16)9-17-14(18-13)10(2)3/h9-11H,4-8,16H2,1-3H3. The minimum Gasteiger partial charge on any atom is -0.396 e. The summed E-state index contributed by atoms with van der Waals surface area (Å²) in [5.41, 5.74) is 6.61. The second kappa shape index (κ2) is 6.20. The minimum absolute atomic E-state index is 0.0543. The van der Waals surface area contributed by atoms with E-state index in [0.717, 1.165) is 31.8 Å². The van der Waals surface area contributed by atoms with E-state index in [2.05, 4.69) is 16.9 Å². The lowest BCUT2D eigenvalue weighted by Crippen LogP contribution is -2.39. The van der Waals surface area contributed by atoms with E-state index in [1.54, 1.807) is 6.20 Å². The Balaban J connectivity index is 2.15. The first-order valence-corrected chi connectivity index (χ1v) is 7.44. The van der Waals surface area contributed by atoms with E-state index in [1.807, 2.05) is 18.7 Å². The average molecular weight is 276 g/mol. The van der Waals surface area contributed by atoms with Gasteiger partial charge in [0, 0.05) is 19.0 Å². The average Bonchev–Trinajstić information content (AvgIpc) is 2.47. The maximum Gasteiger partial charge on any atom is 0.274 e. The number of anilines is 1. The van der Waals surface area contributed by atoms with Crippen molar-refractivity contribution < 1.29 is 4.79 Å². The van der Waals surface area contributed by atoms with E-state index < -0.39 is 0 Å². The number of piperidine rings is 1. The van der Waals surface area contributed by atoms with Crippen LogP contribution in [0.15, 0.2) is 6.20 Å². The molecule has 1 saturated heterocycles. The van der Waals surface area contributed by atoms with Gasteiger partial charge in [0.05, 0.1) is 11.9 Å². The summed E-state index contributed by atoms with van der Waals surface area (Å²) in [5, 5.41) is 0. The van der Waals surface area contributed by atoms with Crippen molar-refractivity contribution in [2.45, 2.75) is 46.0 Å². The largest absolute Gasteiger partial charge is 0.396 e. The maximum atomic E-state index is 12.5. The summed E-state index contributed by atoms with van der Waals surface area (Å²) in [6.07, 6.45) is 4.89. The SMILES string of the molecule is CCC1CCN(C(=O)c2nc(C(C)C)ncc2N)CC1. The Morgan fingerprint density at radius 3 is 2.65 bits per heavy atom. The molecule has 5 nitrogen and oxygen atoms in total. The number of carbonyl (C=O) groups is 1. The van der Waals surface area contributed by atoms with Gasteiger partial charge < -0.3 is 10.6 Å². The molecule has 2 N–H and O–H groups in total. The Kier molecular flexibility index (Phi) is 4.57. The molecule has 1 aromatic rings. The lowest BCUT2D eigenvalue weighted by atomic mass is 9.94. The molecule has 0 bridgehead atoms. The summed E-state index contributed by atoms with van der Waals surface area (Å²) >= 11 is 0. The van der Waals surface area contributed by atoms with Gasteiger partial charge in [-0.15, -0.1) is 0 Å². The maximum absolute atomic E-state index is 12.5. The van der Waals surface area contributed by atoms with E-state index in [1.165, 1.54) is 6.42 Å². The van der Waals surface area contributed by atoms with Crippen molar-refractivity contribution in [3.05, 3.63) is 17.7 Å². The highest BCUT2D eigenvalue weighted by molar-refractivity contribution is 5.97. The third-order valence-electron chi connectivity index (χ3n) is 4.03. The van der Waals surface area contributed by atoms with E-state index in [4.69, 9.17) is 5.73 Å². The second-order valence-electron chi connectivity index (χ2n) is 5.83. The number of nitrogens with zero attached hydrogens (tertiary/aromatic N) is 3. The molecule has 1 aliphatic rings. The zero-order valence-electron chi connectivity index (χ0n) is 12.6. The fourth-order valence-corrected chi connectivity index (χ4v) is 2.55. The zero-order valence-corrected chi connectivity index (χ0v) is 12.6. The van der Waals surface area contributed by atoms with Gasteiger partial charge >= 0.3 is 0 Å². The van der Waals surface area contributed by atoms with Crippen molar-refractivity contribution in [3.63, 3.8) is 0 Å². The Bertz CT molecular complexity index is 479. The molecule has 0 unspecified atom stereocenters. The highest BCUT2D eigenvalue weighted by Gasteiger charge is 2.25. The van der Waals surface area contributed by atoms with Gasteiger partial charge in [0.2, 0.25) is 0 Å². The molecule has 1 aliphatic heterocycles. The molecule has 0 saturated carbocycles. The molecule has 1 fully saturated rings. The predicted octanol–water partition coefficient (Wildman–Crippen LogP) is 2.44. The molecule has 2 heterocycles. The van der Waals surface area contributed by atoms with Crippen LogP contribution in [0.3, 0.4) is 0 Å². The lowest BCUT2D eigenvalue weighted by Gasteiger charge is -2.31. The van der Waals surface area contributed by atoms with E-state index in [0.29, 0.717) is 17.2 Å². The molecule has 5 heteroatoms. The molecular weight excluding hydrogens is 252 g/mol. The van der Waals surface area contributed by atoms with E-state index in [9.17, 15) is 4.79 Å². The van der Waals surface area contributed by atoms with E-state index >= 15 is 0 Å². The van der Waals surface area contributed by atoms with Gasteiger partial charge in [0.25, 0.3) is 5.91 Å². The molecule has 2 rings (SSSR count). The number of amides is 1. The molecule has 0 atom stereocenters. The van der Waals surface area contributed by atoms with Crippen molar-refractivity contribution in [3.8, 4) is 0 Å². The van der Waals surface area contributed by atoms with Crippen LogP contribution in [-0.4, -0.2) is 33.9 Å². The van der Waals surface area contributed by atoms with Crippen LogP contribution >= 0.6 is 0 Å². The van der Waals surface area contributed by atoms with Gasteiger partial charge in [-0.3, -0.25) is 4.79 Å². The second-order valence-corrected chi connectivity index (χ2v) is 5.83. The van der Waals surface area contributed by atoms with Crippen LogP contribution in [-0.2, 0) is 0 Å². The fourth-order valence-electron chi connectivity index (χ4n) is 2.55. The van der Waals surface area contributed by atoms with Crippen molar-refractivity contribution in [1.82, 2.24) is 14.9 Å². The van der Waals surface area contributed by atoms with Gasteiger partial charge in [-0.25, -0.2) is 9.97 Å². The molecule has 0 radical (unpaired) electrons. The number of nitrogen functional groups attached to an aromatic ring is 1. The van der Waals surface area contributed by atoms with Gasteiger partial charge in [-0.1, -0.05) is 27.2 Å². The number of hydrogen-bond acceptors (Lipinski definition) is 4. The molecule has 0 aromatic carbocycles. The fraction of sp³-hybridized carbons (Fsp3) is 0.667. The third kappa shape index (κ3) is 3.08. The molecule has 0 aliphatic carbocycles. The molecule has 1 aromatic heterocycles. The Hall–Kier alpha value is -1.65. The number of likely N-dealkylation sites (tertiary alicyclic amines) is 1. The van der Waals surface area contributed by atoms with Gasteiger partial charge in [0.1, 0.15) is 5.82 Å². The highest BCUT2D eigenvalue weighted by Crippen LogP contribution is 2.22. The highest BCUT2D eigenvalue weighted by atomic mass is 16.2. The van der Waals surface area contributed by atoms with E-state index in [-0.39, 0.29) is 11.8 Å². The minimum atomic E-state index is -0.0543. The third-order valence-corrected chi connectivity index (χ3v) is 4.03. The number of rotatable bonds is 3. The Morgan fingerprint density at radius 2 is 2.10 bits per heavy atom. The molecule has 1 amide bonds. The van der Waals surface area contributed by atoms with Gasteiger partial charge in [-0.05, 0) is 18.8 Å². The predicted molar refractivity (Wildman–Crippen MR) is 79.5 cm³/mol. The van der Waals surface area contributed by atoms with Crippen LogP contribution in [0.5, 0.6) is 0 Å². The topological polar surface area (TPSA) is 72.1 Å². The van der Waals surface area contributed by atoms with Crippen LogP contribution in [0.1, 0.15) is 62.3 Å². The molecule has 0 spiro atoms. The number of nitrogens with two attached hydrogens (primary N) is 1. The van der Waals surface area contributed by atoms with Crippen molar-refractivity contribution in [2.75, 3.05) is 18.8 Å².